The molecule has 184 valence electrons. The fraction of sp³-hybridized carbons (Fsp3) is 0.429. The summed E-state index contributed by atoms with van der Waals surface area (Å²) in [5.74, 6) is 1.55. The molecule has 3 aromatic rings. The number of rotatable bonds is 5. The quantitative estimate of drug-likeness (QED) is 0.461. The van der Waals surface area contributed by atoms with Crippen molar-refractivity contribution in [1.82, 2.24) is 19.7 Å². The molecule has 1 aromatic carbocycles. The van der Waals surface area contributed by atoms with Crippen molar-refractivity contribution < 1.29 is 9.53 Å². The number of hydrogen-bond donors (Lipinski definition) is 1. The molecule has 0 spiro atoms. The third kappa shape index (κ3) is 5.96. The number of amides is 1. The third-order valence-corrected chi connectivity index (χ3v) is 6.02. The Balaban J connectivity index is 1.53. The van der Waals surface area contributed by atoms with Crippen LogP contribution in [0.5, 0.6) is 0 Å². The van der Waals surface area contributed by atoms with Crippen molar-refractivity contribution in [3.63, 3.8) is 0 Å². The van der Waals surface area contributed by atoms with Gasteiger partial charge in [0.1, 0.15) is 12.4 Å². The van der Waals surface area contributed by atoms with Gasteiger partial charge < -0.3 is 4.74 Å². The fourth-order valence-corrected chi connectivity index (χ4v) is 4.12. The lowest BCUT2D eigenvalue weighted by Crippen LogP contribution is -2.27. The first kappa shape index (κ1) is 24.6. The minimum atomic E-state index is -0.499. The second-order valence-corrected chi connectivity index (χ2v) is 11.1. The highest BCUT2D eigenvalue weighted by Crippen LogP contribution is 2.38. The Morgan fingerprint density at radius 3 is 2.54 bits per heavy atom. The fourth-order valence-electron chi connectivity index (χ4n) is 4.12. The molecule has 2 heterocycles. The van der Waals surface area contributed by atoms with Crippen molar-refractivity contribution in [3.8, 4) is 0 Å². The predicted octanol–water partition coefficient (Wildman–Crippen LogP) is 6.44. The van der Waals surface area contributed by atoms with E-state index < -0.39 is 6.09 Å². The zero-order valence-corrected chi connectivity index (χ0v) is 21.5. The Morgan fingerprint density at radius 2 is 1.86 bits per heavy atom. The first-order valence-electron chi connectivity index (χ1n) is 12.1. The molecule has 4 rings (SSSR count). The second-order valence-electron chi connectivity index (χ2n) is 11.1. The number of nitrogens with one attached hydrogen (secondary N) is 1. The summed E-state index contributed by atoms with van der Waals surface area (Å²) >= 11 is 0. The molecule has 0 saturated heterocycles. The van der Waals surface area contributed by atoms with Crippen molar-refractivity contribution in [2.45, 2.75) is 77.9 Å². The van der Waals surface area contributed by atoms with E-state index in [0.717, 1.165) is 41.2 Å². The van der Waals surface area contributed by atoms with E-state index in [1.807, 2.05) is 53.3 Å². The first-order chi connectivity index (χ1) is 16.5. The van der Waals surface area contributed by atoms with Gasteiger partial charge in [0.05, 0.1) is 11.2 Å². The first-order valence-corrected chi connectivity index (χ1v) is 12.1. The minimum Gasteiger partial charge on any atom is -0.444 e. The number of anilines is 1. The minimum absolute atomic E-state index is 0.0303. The Hall–Kier alpha value is -3.48. The standard InChI is InChI=1S/C28H35N5O2/c1-27(2,3)23-14-15-29-25(30-23)21-13-12-20(16-21)22-17-24(33(32-22)28(4,5)6)31-26(34)35-18-19-10-8-7-9-11-19/h7-11,14-17,20H,12-13,18H2,1-6H3,(H,31,34). The van der Waals surface area contributed by atoms with Crippen LogP contribution < -0.4 is 5.32 Å². The molecule has 2 aromatic heterocycles. The highest BCUT2D eigenvalue weighted by Gasteiger charge is 2.27. The second kappa shape index (κ2) is 9.64. The van der Waals surface area contributed by atoms with Crippen LogP contribution in [0.4, 0.5) is 10.6 Å². The molecule has 7 nitrogen and oxygen atoms in total. The summed E-state index contributed by atoms with van der Waals surface area (Å²) in [5, 5.41) is 7.77. The van der Waals surface area contributed by atoms with Gasteiger partial charge in [0.25, 0.3) is 0 Å². The maximum absolute atomic E-state index is 12.5. The molecule has 1 unspecified atom stereocenters. The lowest BCUT2D eigenvalue weighted by Gasteiger charge is -2.22. The third-order valence-electron chi connectivity index (χ3n) is 6.02. The van der Waals surface area contributed by atoms with Gasteiger partial charge in [-0.1, -0.05) is 57.2 Å². The van der Waals surface area contributed by atoms with Gasteiger partial charge in [0, 0.05) is 29.3 Å². The van der Waals surface area contributed by atoms with Crippen molar-refractivity contribution >= 4 is 17.5 Å². The lowest BCUT2D eigenvalue weighted by molar-refractivity contribution is 0.154. The number of aromatic nitrogens is 4. The van der Waals surface area contributed by atoms with E-state index >= 15 is 0 Å². The molecule has 1 atom stereocenters. The molecular formula is C28H35N5O2. The summed E-state index contributed by atoms with van der Waals surface area (Å²) in [6, 6.07) is 13.6. The molecule has 35 heavy (non-hydrogen) atoms. The maximum Gasteiger partial charge on any atom is 0.413 e. The molecule has 0 fully saturated rings. The number of carbonyl (C=O) groups excluding carboxylic acids is 1. The van der Waals surface area contributed by atoms with Crippen molar-refractivity contribution in [3.05, 3.63) is 77.5 Å². The molecule has 1 aliphatic rings. The topological polar surface area (TPSA) is 81.9 Å². The van der Waals surface area contributed by atoms with E-state index in [4.69, 9.17) is 14.8 Å². The van der Waals surface area contributed by atoms with Gasteiger partial charge in [-0.05, 0) is 50.8 Å². The van der Waals surface area contributed by atoms with Crippen LogP contribution in [-0.2, 0) is 22.3 Å². The molecule has 1 aliphatic carbocycles. The SMILES string of the molecule is CC(C)(C)c1ccnc(C2=CC(c3cc(NC(=O)OCc4ccccc4)n(C(C)(C)C)n3)CC2)n1. The average Bonchev–Trinajstić information content (AvgIpc) is 3.45. The van der Waals surface area contributed by atoms with Gasteiger partial charge in [-0.2, -0.15) is 5.10 Å². The van der Waals surface area contributed by atoms with E-state index in [0.29, 0.717) is 5.82 Å². The number of nitrogens with zero attached hydrogens (tertiary/aromatic N) is 4. The summed E-state index contributed by atoms with van der Waals surface area (Å²) < 4.78 is 7.28. The summed E-state index contributed by atoms with van der Waals surface area (Å²) in [6.45, 7) is 12.9. The van der Waals surface area contributed by atoms with Crippen molar-refractivity contribution in [2.75, 3.05) is 5.32 Å². The number of benzene rings is 1. The van der Waals surface area contributed by atoms with Crippen LogP contribution in [0.1, 0.15) is 83.1 Å². The Labute approximate surface area is 207 Å². The zero-order valence-electron chi connectivity index (χ0n) is 21.5. The number of allylic oxidation sites excluding steroid dienone is 2. The van der Waals surface area contributed by atoms with Crippen molar-refractivity contribution in [2.24, 2.45) is 0 Å². The molecular weight excluding hydrogens is 438 g/mol. The lowest BCUT2D eigenvalue weighted by atomic mass is 9.92. The van der Waals surface area contributed by atoms with Crippen LogP contribution in [0.25, 0.3) is 5.57 Å². The van der Waals surface area contributed by atoms with Crippen LogP contribution in [0.3, 0.4) is 0 Å². The van der Waals surface area contributed by atoms with E-state index in [1.165, 1.54) is 0 Å². The van der Waals surface area contributed by atoms with Crippen LogP contribution in [0, 0.1) is 0 Å². The van der Waals surface area contributed by atoms with E-state index in [1.54, 1.807) is 0 Å². The predicted molar refractivity (Wildman–Crippen MR) is 138 cm³/mol. The van der Waals surface area contributed by atoms with E-state index in [-0.39, 0.29) is 23.5 Å². The van der Waals surface area contributed by atoms with Crippen LogP contribution in [0.15, 0.2) is 54.7 Å². The van der Waals surface area contributed by atoms with Crippen LogP contribution in [-0.4, -0.2) is 25.8 Å². The Kier molecular flexibility index (Phi) is 6.79. The number of carbonyl (C=O) groups is 1. The van der Waals surface area contributed by atoms with Crippen LogP contribution in [0.2, 0.25) is 0 Å². The Bertz CT molecular complexity index is 1220. The molecule has 0 aliphatic heterocycles. The summed E-state index contributed by atoms with van der Waals surface area (Å²) in [4.78, 5) is 21.9. The van der Waals surface area contributed by atoms with Gasteiger partial charge in [-0.3, -0.25) is 5.32 Å². The zero-order chi connectivity index (χ0) is 25.2. The molecule has 0 saturated carbocycles. The monoisotopic (exact) mass is 473 g/mol. The molecule has 1 N–H and O–H groups in total. The Morgan fingerprint density at radius 1 is 1.11 bits per heavy atom. The van der Waals surface area contributed by atoms with Gasteiger partial charge in [-0.25, -0.2) is 19.4 Å². The van der Waals surface area contributed by atoms with Gasteiger partial charge in [-0.15, -0.1) is 0 Å². The molecule has 1 amide bonds. The molecule has 0 radical (unpaired) electrons. The molecule has 0 bridgehead atoms. The summed E-state index contributed by atoms with van der Waals surface area (Å²) in [6.07, 6.45) is 5.38. The van der Waals surface area contributed by atoms with Crippen LogP contribution >= 0.6 is 0 Å². The largest absolute Gasteiger partial charge is 0.444 e. The number of hydrogen-bond acceptors (Lipinski definition) is 5. The summed E-state index contributed by atoms with van der Waals surface area (Å²) in [5.41, 5.74) is 3.69. The van der Waals surface area contributed by atoms with Crippen molar-refractivity contribution in [1.29, 1.82) is 0 Å². The van der Waals surface area contributed by atoms with E-state index in [9.17, 15) is 4.79 Å². The van der Waals surface area contributed by atoms with Gasteiger partial charge >= 0.3 is 6.09 Å². The summed E-state index contributed by atoms with van der Waals surface area (Å²) in [7, 11) is 0. The highest BCUT2D eigenvalue weighted by atomic mass is 16.5. The highest BCUT2D eigenvalue weighted by molar-refractivity contribution is 5.83. The average molecular weight is 474 g/mol. The van der Waals surface area contributed by atoms with Gasteiger partial charge in [0.2, 0.25) is 0 Å². The number of ether oxygens (including phenoxy) is 1. The molecule has 7 heteroatoms. The smallest absolute Gasteiger partial charge is 0.413 e. The van der Waals surface area contributed by atoms with Gasteiger partial charge in [0.15, 0.2) is 5.82 Å². The van der Waals surface area contributed by atoms with E-state index in [2.05, 4.69) is 57.9 Å². The maximum atomic E-state index is 12.5. The normalized spacial score (nSPS) is 16.2.